The van der Waals surface area contributed by atoms with Crippen molar-refractivity contribution in [1.82, 2.24) is 0 Å². The van der Waals surface area contributed by atoms with Crippen LogP contribution < -0.4 is 11.5 Å². The molecule has 4 N–H and O–H groups in total. The lowest BCUT2D eigenvalue weighted by Crippen LogP contribution is -2.47. The van der Waals surface area contributed by atoms with Crippen LogP contribution in [0.1, 0.15) is 29.5 Å². The van der Waals surface area contributed by atoms with Crippen molar-refractivity contribution in [1.29, 1.82) is 0 Å². The van der Waals surface area contributed by atoms with Crippen LogP contribution in [0.4, 0.5) is 13.2 Å². The maximum atomic E-state index is 12.6. The molecule has 18 heavy (non-hydrogen) atoms. The average molecular weight is 258 g/mol. The summed E-state index contributed by atoms with van der Waals surface area (Å²) in [5.74, 6) is 0. The highest BCUT2D eigenvalue weighted by molar-refractivity contribution is 5.35. The molecule has 0 amide bonds. The first-order valence-electron chi connectivity index (χ1n) is 6.02. The highest BCUT2D eigenvalue weighted by Crippen LogP contribution is 2.33. The van der Waals surface area contributed by atoms with Crippen molar-refractivity contribution in [2.45, 2.75) is 37.4 Å². The van der Waals surface area contributed by atoms with E-state index in [1.54, 1.807) is 6.07 Å². The van der Waals surface area contributed by atoms with Crippen LogP contribution in [0.2, 0.25) is 0 Å². The minimum atomic E-state index is -4.28. The summed E-state index contributed by atoms with van der Waals surface area (Å²) in [5.41, 5.74) is 12.4. The van der Waals surface area contributed by atoms with Gasteiger partial charge in [0.05, 0.1) is 5.56 Å². The Hall–Kier alpha value is -1.07. The van der Waals surface area contributed by atoms with Crippen molar-refractivity contribution in [3.63, 3.8) is 0 Å². The first-order chi connectivity index (χ1) is 8.34. The molecule has 0 fully saturated rings. The molecule has 1 aromatic carbocycles. The van der Waals surface area contributed by atoms with E-state index in [2.05, 4.69) is 0 Å². The number of aryl methyl sites for hydroxylation is 2. The second-order valence-electron chi connectivity index (χ2n) is 5.05. The van der Waals surface area contributed by atoms with E-state index in [4.69, 9.17) is 11.5 Å². The second-order valence-corrected chi connectivity index (χ2v) is 5.05. The fraction of sp³-hybridized carbons (Fsp3) is 0.538. The summed E-state index contributed by atoms with van der Waals surface area (Å²) in [7, 11) is 0. The largest absolute Gasteiger partial charge is 0.416 e. The van der Waals surface area contributed by atoms with E-state index in [9.17, 15) is 13.2 Å². The molecule has 0 unspecified atom stereocenters. The smallest absolute Gasteiger partial charge is 0.329 e. The lowest BCUT2D eigenvalue weighted by atomic mass is 9.91. The molecule has 1 atom stereocenters. The molecule has 0 bridgehead atoms. The number of halogens is 3. The lowest BCUT2D eigenvalue weighted by Gasteiger charge is -2.25. The van der Waals surface area contributed by atoms with Crippen molar-refractivity contribution < 1.29 is 13.2 Å². The van der Waals surface area contributed by atoms with Gasteiger partial charge in [-0.05, 0) is 48.9 Å². The summed E-state index contributed by atoms with van der Waals surface area (Å²) in [4.78, 5) is 0. The third-order valence-electron chi connectivity index (χ3n) is 3.72. The van der Waals surface area contributed by atoms with Crippen LogP contribution in [0.5, 0.6) is 0 Å². The van der Waals surface area contributed by atoms with Crippen LogP contribution in [0, 0.1) is 0 Å². The normalized spacial score (nSPS) is 24.5. The zero-order valence-corrected chi connectivity index (χ0v) is 10.1. The minimum absolute atomic E-state index is 0.368. The molecule has 1 aromatic rings. The molecule has 0 heterocycles. The predicted octanol–water partition coefficient (Wildman–Crippen LogP) is 2.24. The van der Waals surface area contributed by atoms with E-state index in [0.29, 0.717) is 25.8 Å². The Kier molecular flexibility index (Phi) is 3.38. The Morgan fingerprint density at radius 3 is 2.28 bits per heavy atom. The number of benzene rings is 1. The molecule has 1 aliphatic rings. The Balaban J connectivity index is 2.29. The molecule has 100 valence electrons. The Bertz CT molecular complexity index is 442. The topological polar surface area (TPSA) is 52.0 Å². The number of hydrogen-bond acceptors (Lipinski definition) is 2. The number of rotatable bonds is 1. The first-order valence-corrected chi connectivity index (χ1v) is 6.02. The molecule has 5 heteroatoms. The maximum Gasteiger partial charge on any atom is 0.416 e. The van der Waals surface area contributed by atoms with Crippen LogP contribution in [-0.4, -0.2) is 12.1 Å². The van der Waals surface area contributed by atoms with E-state index < -0.39 is 17.3 Å². The van der Waals surface area contributed by atoms with E-state index in [1.165, 1.54) is 6.07 Å². The molecule has 0 saturated carbocycles. The molecular formula is C13H17F3N2. The maximum absolute atomic E-state index is 12.6. The molecule has 0 aliphatic heterocycles. The number of hydrogen-bond donors (Lipinski definition) is 2. The Labute approximate surface area is 104 Å². The summed E-state index contributed by atoms with van der Waals surface area (Å²) < 4.78 is 37.9. The van der Waals surface area contributed by atoms with E-state index in [1.807, 2.05) is 0 Å². The van der Waals surface area contributed by atoms with Gasteiger partial charge in [0.25, 0.3) is 0 Å². The van der Waals surface area contributed by atoms with Crippen molar-refractivity contribution in [3.05, 3.63) is 34.9 Å². The van der Waals surface area contributed by atoms with Gasteiger partial charge < -0.3 is 11.5 Å². The fourth-order valence-corrected chi connectivity index (χ4v) is 2.38. The standard InChI is InChI=1S/C13H17F3N2/c14-13(15,16)11-2-1-9-3-5-12(18,8-17)6-4-10(9)7-11/h1-2,7H,3-6,8,17-18H2/t12-/m1/s1. The average Bonchev–Trinajstić information content (AvgIpc) is 2.49. The molecule has 1 aliphatic carbocycles. The SMILES string of the molecule is NC[C@@]1(N)CCc2ccc(C(F)(F)F)cc2CC1. The molecule has 0 radical (unpaired) electrons. The zero-order valence-electron chi connectivity index (χ0n) is 10.1. The van der Waals surface area contributed by atoms with Gasteiger partial charge in [-0.1, -0.05) is 6.07 Å². The molecule has 0 aromatic heterocycles. The van der Waals surface area contributed by atoms with E-state index in [0.717, 1.165) is 23.6 Å². The molecule has 0 spiro atoms. The Morgan fingerprint density at radius 1 is 1.11 bits per heavy atom. The molecule has 0 saturated heterocycles. The monoisotopic (exact) mass is 258 g/mol. The fourth-order valence-electron chi connectivity index (χ4n) is 2.38. The van der Waals surface area contributed by atoms with Gasteiger partial charge in [-0.3, -0.25) is 0 Å². The summed E-state index contributed by atoms with van der Waals surface area (Å²) in [5, 5.41) is 0. The van der Waals surface area contributed by atoms with Crippen LogP contribution in [0.15, 0.2) is 18.2 Å². The van der Waals surface area contributed by atoms with Crippen molar-refractivity contribution in [3.8, 4) is 0 Å². The molecule has 2 rings (SSSR count). The van der Waals surface area contributed by atoms with Gasteiger partial charge in [0.1, 0.15) is 0 Å². The summed E-state index contributed by atoms with van der Waals surface area (Å²) in [6.45, 7) is 0.368. The van der Waals surface area contributed by atoms with Gasteiger partial charge in [-0.2, -0.15) is 13.2 Å². The minimum Gasteiger partial charge on any atom is -0.329 e. The summed E-state index contributed by atoms with van der Waals surface area (Å²) >= 11 is 0. The highest BCUT2D eigenvalue weighted by Gasteiger charge is 2.32. The van der Waals surface area contributed by atoms with Crippen LogP contribution in [-0.2, 0) is 19.0 Å². The second kappa shape index (κ2) is 4.55. The van der Waals surface area contributed by atoms with E-state index in [-0.39, 0.29) is 0 Å². The first kappa shape index (κ1) is 13.4. The highest BCUT2D eigenvalue weighted by atomic mass is 19.4. The third-order valence-corrected chi connectivity index (χ3v) is 3.72. The van der Waals surface area contributed by atoms with Crippen LogP contribution in [0.25, 0.3) is 0 Å². The predicted molar refractivity (Wildman–Crippen MR) is 64.1 cm³/mol. The van der Waals surface area contributed by atoms with Crippen molar-refractivity contribution in [2.75, 3.05) is 6.54 Å². The van der Waals surface area contributed by atoms with Crippen molar-refractivity contribution >= 4 is 0 Å². The summed E-state index contributed by atoms with van der Waals surface area (Å²) in [6.07, 6.45) is -1.66. The molecule has 2 nitrogen and oxygen atoms in total. The van der Waals surface area contributed by atoms with Crippen molar-refractivity contribution in [2.24, 2.45) is 11.5 Å². The molecular weight excluding hydrogens is 241 g/mol. The zero-order chi connectivity index (χ0) is 13.4. The number of alkyl halides is 3. The number of fused-ring (bicyclic) bond motifs is 1. The lowest BCUT2D eigenvalue weighted by molar-refractivity contribution is -0.137. The van der Waals surface area contributed by atoms with Crippen LogP contribution >= 0.6 is 0 Å². The number of nitrogens with two attached hydrogens (primary N) is 2. The van der Waals surface area contributed by atoms with Gasteiger partial charge in [-0.15, -0.1) is 0 Å². The van der Waals surface area contributed by atoms with Gasteiger partial charge in [0, 0.05) is 12.1 Å². The third kappa shape index (κ3) is 2.67. The van der Waals surface area contributed by atoms with Gasteiger partial charge in [0.15, 0.2) is 0 Å². The Morgan fingerprint density at radius 2 is 1.72 bits per heavy atom. The van der Waals surface area contributed by atoms with Crippen LogP contribution in [0.3, 0.4) is 0 Å². The quantitative estimate of drug-likeness (QED) is 0.759. The van der Waals surface area contributed by atoms with Gasteiger partial charge in [-0.25, -0.2) is 0 Å². The van der Waals surface area contributed by atoms with Gasteiger partial charge >= 0.3 is 6.18 Å². The summed E-state index contributed by atoms with van der Waals surface area (Å²) in [6, 6.07) is 3.96. The van der Waals surface area contributed by atoms with E-state index >= 15 is 0 Å². The van der Waals surface area contributed by atoms with Gasteiger partial charge in [0.2, 0.25) is 0 Å².